The fourth-order valence-electron chi connectivity index (χ4n) is 6.74. The van der Waals surface area contributed by atoms with E-state index in [-0.39, 0.29) is 0 Å². The van der Waals surface area contributed by atoms with E-state index in [4.69, 9.17) is 0 Å². The summed E-state index contributed by atoms with van der Waals surface area (Å²) in [7, 11) is 0. The highest BCUT2D eigenvalue weighted by molar-refractivity contribution is 7.26. The Balaban J connectivity index is 1.28. The highest BCUT2D eigenvalue weighted by Crippen LogP contribution is 2.45. The predicted octanol–water partition coefficient (Wildman–Crippen LogP) is 12.3. The summed E-state index contributed by atoms with van der Waals surface area (Å²) < 4.78 is 5.00. The first kappa shape index (κ1) is 25.8. The summed E-state index contributed by atoms with van der Waals surface area (Å²) in [5, 5.41) is 6.54. The maximum Gasteiger partial charge on any atom is 0.0541 e. The van der Waals surface area contributed by atoms with Gasteiger partial charge in [-0.05, 0) is 83.2 Å². The van der Waals surface area contributed by atoms with Crippen LogP contribution < -0.4 is 4.90 Å². The number of nitrogens with zero attached hydrogens (tertiary/aromatic N) is 2. The van der Waals surface area contributed by atoms with Gasteiger partial charge in [-0.15, -0.1) is 11.3 Å². The number of rotatable bonds is 5. The molecule has 7 aromatic carbocycles. The van der Waals surface area contributed by atoms with Gasteiger partial charge in [-0.25, -0.2) is 0 Å². The zero-order valence-corrected chi connectivity index (χ0v) is 25.3. The quantitative estimate of drug-likeness (QED) is 0.193. The lowest BCUT2D eigenvalue weighted by molar-refractivity contribution is 1.13. The molecular weight excluding hydrogens is 565 g/mol. The molecule has 0 spiro atoms. The van der Waals surface area contributed by atoms with E-state index in [1.165, 1.54) is 53.0 Å². The second kappa shape index (κ2) is 10.5. The van der Waals surface area contributed by atoms with Crippen molar-refractivity contribution >= 4 is 70.2 Å². The van der Waals surface area contributed by atoms with Gasteiger partial charge in [-0.1, -0.05) is 97.1 Å². The van der Waals surface area contributed by atoms with Crippen LogP contribution in [0.2, 0.25) is 0 Å². The predicted molar refractivity (Wildman–Crippen MR) is 194 cm³/mol. The van der Waals surface area contributed by atoms with E-state index in [0.29, 0.717) is 0 Å². The Bertz CT molecular complexity index is 2420. The van der Waals surface area contributed by atoms with Crippen LogP contribution >= 0.6 is 11.3 Å². The standard InChI is InChI=1S/C42H28N2S/c1-4-12-30(13-5-1)43-27-26-37-39(43)28-38(35-24-25-36-34-18-10-11-19-40(34)45-42(36)41(35)37)29-20-22-33(23-21-29)44(31-14-6-2-7-15-31)32-16-8-3-9-17-32/h1-28H. The second-order valence-electron chi connectivity index (χ2n) is 11.4. The van der Waals surface area contributed by atoms with E-state index >= 15 is 0 Å². The van der Waals surface area contributed by atoms with Crippen LogP contribution in [0.3, 0.4) is 0 Å². The van der Waals surface area contributed by atoms with Crippen LogP contribution in [-0.4, -0.2) is 4.57 Å². The number of thiophene rings is 1. The second-order valence-corrected chi connectivity index (χ2v) is 12.4. The van der Waals surface area contributed by atoms with Crippen LogP contribution in [0, 0.1) is 0 Å². The SMILES string of the molecule is c1ccc(N(c2ccccc2)c2ccc(-c3cc4c(ccn4-c4ccccc4)c4c3ccc3c5ccccc5sc34)cc2)cc1. The molecule has 0 atom stereocenters. The van der Waals surface area contributed by atoms with E-state index < -0.39 is 0 Å². The Morgan fingerprint density at radius 3 is 1.78 bits per heavy atom. The summed E-state index contributed by atoms with van der Waals surface area (Å²) in [5.74, 6) is 0. The Kier molecular flexibility index (Phi) is 6.03. The fourth-order valence-corrected chi connectivity index (χ4v) is 8.01. The van der Waals surface area contributed by atoms with Gasteiger partial charge in [0, 0.05) is 59.9 Å². The first-order valence-corrected chi connectivity index (χ1v) is 16.1. The molecule has 2 heterocycles. The number of anilines is 3. The third kappa shape index (κ3) is 4.24. The summed E-state index contributed by atoms with van der Waals surface area (Å²) in [6.45, 7) is 0. The molecule has 0 aliphatic carbocycles. The van der Waals surface area contributed by atoms with E-state index in [2.05, 4.69) is 179 Å². The van der Waals surface area contributed by atoms with Crippen LogP contribution in [-0.2, 0) is 0 Å². The summed E-state index contributed by atoms with van der Waals surface area (Å²) in [5.41, 5.74) is 8.22. The third-order valence-electron chi connectivity index (χ3n) is 8.81. The highest BCUT2D eigenvalue weighted by Gasteiger charge is 2.18. The molecular formula is C42H28N2S. The van der Waals surface area contributed by atoms with Crippen LogP contribution in [0.4, 0.5) is 17.1 Å². The molecule has 0 aliphatic rings. The molecule has 9 aromatic rings. The summed E-state index contributed by atoms with van der Waals surface area (Å²) >= 11 is 1.90. The van der Waals surface area contributed by atoms with Gasteiger partial charge in [0.1, 0.15) is 0 Å². The molecule has 0 N–H and O–H groups in total. The zero-order chi connectivity index (χ0) is 29.7. The molecule has 2 nitrogen and oxygen atoms in total. The minimum atomic E-state index is 1.13. The Hall–Kier alpha value is -5.64. The molecule has 0 saturated heterocycles. The molecule has 0 fully saturated rings. The molecule has 0 aliphatic heterocycles. The molecule has 2 aromatic heterocycles. The van der Waals surface area contributed by atoms with Gasteiger partial charge in [0.05, 0.1) is 5.52 Å². The summed E-state index contributed by atoms with van der Waals surface area (Å²) in [4.78, 5) is 2.31. The average molecular weight is 593 g/mol. The van der Waals surface area contributed by atoms with Crippen LogP contribution in [0.1, 0.15) is 0 Å². The van der Waals surface area contributed by atoms with Crippen molar-refractivity contribution in [3.05, 3.63) is 170 Å². The Morgan fingerprint density at radius 1 is 0.467 bits per heavy atom. The maximum absolute atomic E-state index is 2.38. The van der Waals surface area contributed by atoms with Crippen molar-refractivity contribution in [1.29, 1.82) is 0 Å². The maximum atomic E-state index is 2.38. The van der Waals surface area contributed by atoms with Crippen molar-refractivity contribution < 1.29 is 0 Å². The van der Waals surface area contributed by atoms with E-state index in [9.17, 15) is 0 Å². The molecule has 0 bridgehead atoms. The minimum absolute atomic E-state index is 1.13. The highest BCUT2D eigenvalue weighted by atomic mass is 32.1. The average Bonchev–Trinajstić information content (AvgIpc) is 3.71. The van der Waals surface area contributed by atoms with Gasteiger partial charge < -0.3 is 9.47 Å². The van der Waals surface area contributed by atoms with Gasteiger partial charge in [0.2, 0.25) is 0 Å². The number of aromatic nitrogens is 1. The molecule has 0 radical (unpaired) electrons. The molecule has 0 unspecified atom stereocenters. The van der Waals surface area contributed by atoms with Crippen molar-refractivity contribution in [2.24, 2.45) is 0 Å². The van der Waals surface area contributed by atoms with E-state index in [1.54, 1.807) is 0 Å². The fraction of sp³-hybridized carbons (Fsp3) is 0. The minimum Gasteiger partial charge on any atom is -0.317 e. The van der Waals surface area contributed by atoms with Crippen molar-refractivity contribution in [3.8, 4) is 16.8 Å². The zero-order valence-electron chi connectivity index (χ0n) is 24.5. The van der Waals surface area contributed by atoms with E-state index in [1.807, 2.05) is 11.3 Å². The van der Waals surface area contributed by atoms with Crippen molar-refractivity contribution in [3.63, 3.8) is 0 Å². The van der Waals surface area contributed by atoms with Crippen molar-refractivity contribution in [2.45, 2.75) is 0 Å². The molecule has 3 heteroatoms. The molecule has 0 saturated carbocycles. The topological polar surface area (TPSA) is 8.17 Å². The number of para-hydroxylation sites is 3. The molecule has 9 rings (SSSR count). The lowest BCUT2D eigenvalue weighted by Crippen LogP contribution is -2.09. The van der Waals surface area contributed by atoms with E-state index in [0.717, 1.165) is 22.7 Å². The summed E-state index contributed by atoms with van der Waals surface area (Å²) in [6.07, 6.45) is 2.22. The normalized spacial score (nSPS) is 11.6. The summed E-state index contributed by atoms with van der Waals surface area (Å²) in [6, 6.07) is 59.0. The number of benzene rings is 7. The van der Waals surface area contributed by atoms with Gasteiger partial charge >= 0.3 is 0 Å². The smallest absolute Gasteiger partial charge is 0.0541 e. The van der Waals surface area contributed by atoms with Crippen molar-refractivity contribution in [2.75, 3.05) is 4.90 Å². The Morgan fingerprint density at radius 2 is 1.07 bits per heavy atom. The van der Waals surface area contributed by atoms with Crippen LogP contribution in [0.25, 0.3) is 58.7 Å². The third-order valence-corrected chi connectivity index (χ3v) is 10.0. The molecule has 45 heavy (non-hydrogen) atoms. The lowest BCUT2D eigenvalue weighted by Gasteiger charge is -2.25. The number of fused-ring (bicyclic) bond motifs is 7. The van der Waals surface area contributed by atoms with Gasteiger partial charge in [0.25, 0.3) is 0 Å². The van der Waals surface area contributed by atoms with Crippen LogP contribution in [0.5, 0.6) is 0 Å². The van der Waals surface area contributed by atoms with Gasteiger partial charge in [-0.3, -0.25) is 0 Å². The number of hydrogen-bond donors (Lipinski definition) is 0. The molecule has 212 valence electrons. The van der Waals surface area contributed by atoms with Crippen molar-refractivity contribution in [1.82, 2.24) is 4.57 Å². The monoisotopic (exact) mass is 592 g/mol. The number of hydrogen-bond acceptors (Lipinski definition) is 2. The first-order chi connectivity index (χ1) is 22.3. The Labute approximate surface area is 265 Å². The molecule has 0 amide bonds. The van der Waals surface area contributed by atoms with Gasteiger partial charge in [-0.2, -0.15) is 0 Å². The van der Waals surface area contributed by atoms with Gasteiger partial charge in [0.15, 0.2) is 0 Å². The van der Waals surface area contributed by atoms with Crippen LogP contribution in [0.15, 0.2) is 170 Å². The lowest BCUT2D eigenvalue weighted by atomic mass is 9.94. The largest absolute Gasteiger partial charge is 0.317 e. The first-order valence-electron chi connectivity index (χ1n) is 15.3.